The molecule has 6 N–H and O–H groups in total. The summed E-state index contributed by atoms with van der Waals surface area (Å²) < 4.78 is 18.1. The number of nitrogens with zero attached hydrogens (tertiary/aromatic N) is 4. The fourth-order valence-corrected chi connectivity index (χ4v) is 7.00. The van der Waals surface area contributed by atoms with E-state index in [0.29, 0.717) is 12.2 Å². The van der Waals surface area contributed by atoms with Crippen LogP contribution >= 0.6 is 0 Å². The van der Waals surface area contributed by atoms with Crippen LogP contribution in [0.15, 0.2) is 24.3 Å². The molecule has 3 aliphatic heterocycles. The van der Waals surface area contributed by atoms with E-state index >= 15 is 0 Å². The number of likely N-dealkylation sites (tertiary alicyclic amines) is 1. The van der Waals surface area contributed by atoms with Crippen LogP contribution in [0.4, 0.5) is 0 Å². The lowest BCUT2D eigenvalue weighted by atomic mass is 9.52. The lowest BCUT2D eigenvalue weighted by Gasteiger charge is -2.58. The molecule has 7 rings (SSSR count). The summed E-state index contributed by atoms with van der Waals surface area (Å²) in [6, 6.07) is 3.68. The molecule has 0 saturated carbocycles. The smallest absolute Gasteiger partial charge is 0.227 e. The van der Waals surface area contributed by atoms with Gasteiger partial charge in [-0.05, 0) is 44.1 Å². The number of ether oxygens (including phenoxy) is 3. The Morgan fingerprint density at radius 1 is 1.19 bits per heavy atom. The molecular weight excluding hydrogens is 474 g/mol. The van der Waals surface area contributed by atoms with Crippen molar-refractivity contribution in [2.24, 2.45) is 5.92 Å². The van der Waals surface area contributed by atoms with Crippen molar-refractivity contribution in [2.45, 2.75) is 66.9 Å². The van der Waals surface area contributed by atoms with E-state index in [1.54, 1.807) is 6.07 Å². The molecule has 10 atom stereocenters. The molecule has 13 heteroatoms. The third-order valence-corrected chi connectivity index (χ3v) is 8.68. The summed E-state index contributed by atoms with van der Waals surface area (Å²) in [5.41, 5.74) is 1.27. The van der Waals surface area contributed by atoms with Crippen molar-refractivity contribution < 1.29 is 39.7 Å². The second-order valence-electron chi connectivity index (χ2n) is 10.4. The van der Waals surface area contributed by atoms with Gasteiger partial charge in [-0.15, -0.1) is 10.2 Å². The summed E-state index contributed by atoms with van der Waals surface area (Å²) in [6.07, 6.45) is -3.87. The van der Waals surface area contributed by atoms with Crippen LogP contribution in [0.3, 0.4) is 0 Å². The highest BCUT2D eigenvalue weighted by Crippen LogP contribution is 2.64. The number of nitrogens with one attached hydrogen (secondary N) is 1. The minimum Gasteiger partial charge on any atom is -0.504 e. The van der Waals surface area contributed by atoms with Crippen molar-refractivity contribution >= 4 is 0 Å². The predicted molar refractivity (Wildman–Crippen MR) is 117 cm³/mol. The highest BCUT2D eigenvalue weighted by Gasteiger charge is 2.69. The molecule has 0 radical (unpaired) electrons. The van der Waals surface area contributed by atoms with E-state index in [9.17, 15) is 25.5 Å². The molecule has 13 nitrogen and oxygen atoms in total. The number of phenols is 1. The molecule has 1 unspecified atom stereocenters. The molecule has 1 spiro atoms. The van der Waals surface area contributed by atoms with Gasteiger partial charge in [0.1, 0.15) is 18.3 Å². The Balaban J connectivity index is 1.29. The average Bonchev–Trinajstić information content (AvgIpc) is 3.51. The van der Waals surface area contributed by atoms with Crippen molar-refractivity contribution in [1.29, 1.82) is 0 Å². The van der Waals surface area contributed by atoms with Crippen molar-refractivity contribution in [2.75, 3.05) is 13.6 Å². The molecule has 192 valence electrons. The van der Waals surface area contributed by atoms with Gasteiger partial charge in [-0.1, -0.05) is 17.4 Å². The first-order valence-electron chi connectivity index (χ1n) is 12.0. The van der Waals surface area contributed by atoms with E-state index in [1.165, 1.54) is 6.08 Å². The Morgan fingerprint density at radius 3 is 2.81 bits per heavy atom. The number of hydrogen-bond donors (Lipinski definition) is 6. The van der Waals surface area contributed by atoms with Gasteiger partial charge in [-0.2, -0.15) is 5.21 Å². The Hall–Kier alpha value is -2.65. The third-order valence-electron chi connectivity index (χ3n) is 8.68. The molecule has 2 aromatic rings. The van der Waals surface area contributed by atoms with Gasteiger partial charge >= 0.3 is 0 Å². The number of H-pyrrole nitrogens is 1. The van der Waals surface area contributed by atoms with Crippen LogP contribution in [0.1, 0.15) is 29.5 Å². The van der Waals surface area contributed by atoms with Gasteiger partial charge in [0.25, 0.3) is 0 Å². The third kappa shape index (κ3) is 2.76. The number of aliphatic hydroxyl groups excluding tert-OH is 3. The van der Waals surface area contributed by atoms with Gasteiger partial charge in [0, 0.05) is 17.5 Å². The van der Waals surface area contributed by atoms with Crippen LogP contribution in [-0.4, -0.2) is 107 Å². The zero-order chi connectivity index (χ0) is 25.0. The molecule has 2 saturated heterocycles. The summed E-state index contributed by atoms with van der Waals surface area (Å²) in [5, 5.41) is 67.5. The molecule has 4 heterocycles. The van der Waals surface area contributed by atoms with Gasteiger partial charge in [0.05, 0.1) is 5.41 Å². The molecule has 1 aromatic carbocycles. The first kappa shape index (κ1) is 22.5. The van der Waals surface area contributed by atoms with E-state index in [4.69, 9.17) is 14.2 Å². The van der Waals surface area contributed by atoms with E-state index in [0.717, 1.165) is 24.1 Å². The van der Waals surface area contributed by atoms with Crippen molar-refractivity contribution in [1.82, 2.24) is 25.5 Å². The normalized spacial score (nSPS) is 44.8. The van der Waals surface area contributed by atoms with E-state index in [2.05, 4.69) is 32.6 Å². The maximum Gasteiger partial charge on any atom is 0.227 e. The zero-order valence-corrected chi connectivity index (χ0v) is 19.3. The Kier molecular flexibility index (Phi) is 4.66. The quantitative estimate of drug-likeness (QED) is 0.206. The average molecular weight is 501 g/mol. The maximum absolute atomic E-state index is 11.9. The van der Waals surface area contributed by atoms with Crippen molar-refractivity contribution in [3.05, 3.63) is 41.2 Å². The molecule has 0 amide bonds. The molecule has 2 fully saturated rings. The van der Waals surface area contributed by atoms with Crippen LogP contribution in [0, 0.1) is 5.92 Å². The topological polar surface area (TPSA) is 187 Å². The largest absolute Gasteiger partial charge is 0.504 e. The Morgan fingerprint density at radius 2 is 2.03 bits per heavy atom. The monoisotopic (exact) mass is 501 g/mol. The first-order chi connectivity index (χ1) is 17.2. The van der Waals surface area contributed by atoms with Gasteiger partial charge in [-0.3, -0.25) is 0 Å². The number of phenolic OH excluding ortho intramolecular Hbond substituents is 1. The number of likely N-dealkylation sites (N-methyl/N-ethyl adjacent to an activating group) is 1. The lowest BCUT2D eigenvalue weighted by Crippen LogP contribution is -2.69. The molecule has 36 heavy (non-hydrogen) atoms. The highest BCUT2D eigenvalue weighted by molar-refractivity contribution is 5.62. The standard InChI is InChI=1S/C23H27N5O8/c1-28-7-6-22-10-4-5-23(33,21(22)35-17-12(29)3-2-9(13(17)22)8-11(10)28)36-20-16(32)14(30)15(31)18(34-20)19-24-26-27-25-19/h2-5,10-11,14-16,18,20-21,29-33H,6-8H2,1H3,(H,24,25,26,27)/t10-,11+,14-,15-,16+,18?,20-,21+,22-,23-/m0/s1. The molecule has 5 aliphatic rings. The van der Waals surface area contributed by atoms with Crippen molar-refractivity contribution in [3.63, 3.8) is 0 Å². The Labute approximate surface area is 204 Å². The van der Waals surface area contributed by atoms with E-state index in [1.807, 2.05) is 12.1 Å². The van der Waals surface area contributed by atoms with Crippen LogP contribution < -0.4 is 4.74 Å². The van der Waals surface area contributed by atoms with Gasteiger partial charge in [-0.25, -0.2) is 0 Å². The highest BCUT2D eigenvalue weighted by atomic mass is 16.8. The van der Waals surface area contributed by atoms with E-state index in [-0.39, 0.29) is 23.5 Å². The predicted octanol–water partition coefficient (Wildman–Crippen LogP) is -1.76. The maximum atomic E-state index is 11.9. The molecule has 2 bridgehead atoms. The number of hydrogen-bond acceptors (Lipinski definition) is 12. The number of rotatable bonds is 3. The number of tetrazole rings is 1. The number of aromatic amines is 1. The second-order valence-corrected chi connectivity index (χ2v) is 10.4. The van der Waals surface area contributed by atoms with Gasteiger partial charge in [0.15, 0.2) is 30.0 Å². The SMILES string of the molecule is CN1CC[C@]23c4c5ccc(O)c4O[C@H]2[C@@](O)(O[C@@H]2OC(c4nn[nH]n4)[C@@H](O)[C@H](O)[C@H]2O)C=C[C@H]3[C@H]1C5. The first-order valence-corrected chi connectivity index (χ1v) is 12.0. The van der Waals surface area contributed by atoms with E-state index < -0.39 is 48.0 Å². The fraction of sp³-hybridized carbons (Fsp3) is 0.609. The van der Waals surface area contributed by atoms with Crippen molar-refractivity contribution in [3.8, 4) is 11.5 Å². The zero-order valence-electron chi connectivity index (χ0n) is 19.3. The Bertz CT molecular complexity index is 1230. The van der Waals surface area contributed by atoms with Crippen LogP contribution in [0.5, 0.6) is 11.5 Å². The summed E-state index contributed by atoms with van der Waals surface area (Å²) in [7, 11) is 2.08. The molecular formula is C23H27N5O8. The minimum absolute atomic E-state index is 0.00244. The number of aromatic nitrogens is 4. The summed E-state index contributed by atoms with van der Waals surface area (Å²) in [5.74, 6) is -1.82. The lowest BCUT2D eigenvalue weighted by molar-refractivity contribution is -0.368. The fourth-order valence-electron chi connectivity index (χ4n) is 7.00. The molecule has 1 aromatic heterocycles. The summed E-state index contributed by atoms with van der Waals surface area (Å²) in [4.78, 5) is 2.30. The van der Waals surface area contributed by atoms with Crippen LogP contribution in [0.25, 0.3) is 0 Å². The van der Waals surface area contributed by atoms with Crippen LogP contribution in [0.2, 0.25) is 0 Å². The number of benzene rings is 1. The number of piperidine rings is 1. The number of aliphatic hydroxyl groups is 4. The van der Waals surface area contributed by atoms with Crippen LogP contribution in [-0.2, 0) is 21.3 Å². The summed E-state index contributed by atoms with van der Waals surface area (Å²) >= 11 is 0. The second kappa shape index (κ2) is 7.44. The van der Waals surface area contributed by atoms with Gasteiger partial charge < -0.3 is 44.6 Å². The summed E-state index contributed by atoms with van der Waals surface area (Å²) in [6.45, 7) is 0.757. The van der Waals surface area contributed by atoms with Gasteiger partial charge in [0.2, 0.25) is 11.6 Å². The minimum atomic E-state index is -2.09. The molecule has 2 aliphatic carbocycles. The number of aromatic hydroxyl groups is 1.